The first-order valence-electron chi connectivity index (χ1n) is 8.88. The number of hydrogen-bond donors (Lipinski definition) is 1. The van der Waals surface area contributed by atoms with Crippen molar-refractivity contribution in [1.29, 1.82) is 0 Å². The number of hydrogen-bond acceptors (Lipinski definition) is 3. The van der Waals surface area contributed by atoms with E-state index in [2.05, 4.69) is 29.2 Å². The maximum atomic E-state index is 12.8. The lowest BCUT2D eigenvalue weighted by molar-refractivity contribution is 0.102. The molecule has 5 heteroatoms. The van der Waals surface area contributed by atoms with Crippen LogP contribution in [0.2, 0.25) is 0 Å². The van der Waals surface area contributed by atoms with E-state index in [1.54, 1.807) is 17.1 Å². The van der Waals surface area contributed by atoms with Crippen LogP contribution in [0.4, 0.5) is 5.69 Å². The summed E-state index contributed by atoms with van der Waals surface area (Å²) in [4.78, 5) is 17.2. The van der Waals surface area contributed by atoms with Gasteiger partial charge in [0.15, 0.2) is 5.82 Å². The summed E-state index contributed by atoms with van der Waals surface area (Å²) in [6, 6.07) is 13.6. The summed E-state index contributed by atoms with van der Waals surface area (Å²) in [6.45, 7) is 8.39. The van der Waals surface area contributed by atoms with Crippen molar-refractivity contribution >= 4 is 11.6 Å². The van der Waals surface area contributed by atoms with Gasteiger partial charge >= 0.3 is 0 Å². The van der Waals surface area contributed by atoms with E-state index in [-0.39, 0.29) is 11.8 Å². The van der Waals surface area contributed by atoms with Crippen molar-refractivity contribution in [2.75, 3.05) is 5.32 Å². The van der Waals surface area contributed by atoms with Gasteiger partial charge in [0.05, 0.1) is 17.5 Å². The quantitative estimate of drug-likeness (QED) is 0.723. The number of benzene rings is 1. The molecule has 0 aliphatic heterocycles. The normalized spacial score (nSPS) is 11.2. The SMILES string of the molecule is CC(C)c1ccc(NC(=O)c2cnn(-c3ccccn3)c2C(C)C)cc1. The molecule has 3 rings (SSSR count). The second kappa shape index (κ2) is 7.52. The minimum atomic E-state index is -0.159. The third-order valence-corrected chi connectivity index (χ3v) is 4.30. The van der Waals surface area contributed by atoms with Crippen LogP contribution in [0.15, 0.2) is 54.9 Å². The number of nitrogens with one attached hydrogen (secondary N) is 1. The van der Waals surface area contributed by atoms with Gasteiger partial charge in [-0.1, -0.05) is 45.9 Å². The third kappa shape index (κ3) is 3.67. The Bertz CT molecular complexity index is 880. The Labute approximate surface area is 154 Å². The van der Waals surface area contributed by atoms with Crippen molar-refractivity contribution in [2.24, 2.45) is 0 Å². The zero-order valence-electron chi connectivity index (χ0n) is 15.6. The Morgan fingerprint density at radius 3 is 2.31 bits per heavy atom. The van der Waals surface area contributed by atoms with Gasteiger partial charge < -0.3 is 5.32 Å². The Hall–Kier alpha value is -2.95. The van der Waals surface area contributed by atoms with Gasteiger partial charge in [-0.05, 0) is 41.7 Å². The Balaban J connectivity index is 1.89. The fourth-order valence-corrected chi connectivity index (χ4v) is 2.90. The molecule has 0 spiro atoms. The van der Waals surface area contributed by atoms with Gasteiger partial charge in [-0.15, -0.1) is 0 Å². The average molecular weight is 348 g/mol. The largest absolute Gasteiger partial charge is 0.322 e. The number of anilines is 1. The molecular formula is C21H24N4O. The van der Waals surface area contributed by atoms with Crippen molar-refractivity contribution < 1.29 is 4.79 Å². The number of aromatic nitrogens is 3. The molecule has 0 bridgehead atoms. The van der Waals surface area contributed by atoms with E-state index < -0.39 is 0 Å². The van der Waals surface area contributed by atoms with Crippen LogP contribution in [-0.4, -0.2) is 20.7 Å². The predicted molar refractivity (Wildman–Crippen MR) is 104 cm³/mol. The fraction of sp³-hybridized carbons (Fsp3) is 0.286. The van der Waals surface area contributed by atoms with Gasteiger partial charge in [-0.3, -0.25) is 4.79 Å². The number of carbonyl (C=O) groups excluding carboxylic acids is 1. The number of amides is 1. The third-order valence-electron chi connectivity index (χ3n) is 4.30. The number of carbonyl (C=O) groups is 1. The highest BCUT2D eigenvalue weighted by molar-refractivity contribution is 6.05. The van der Waals surface area contributed by atoms with Crippen LogP contribution in [0, 0.1) is 0 Å². The van der Waals surface area contributed by atoms with Crippen LogP contribution < -0.4 is 5.32 Å². The minimum absolute atomic E-state index is 0.128. The van der Waals surface area contributed by atoms with E-state index in [1.807, 2.05) is 56.3 Å². The van der Waals surface area contributed by atoms with Gasteiger partial charge in [0.2, 0.25) is 0 Å². The van der Waals surface area contributed by atoms with Gasteiger partial charge in [0.1, 0.15) is 0 Å². The molecule has 3 aromatic rings. The molecule has 26 heavy (non-hydrogen) atoms. The molecule has 1 N–H and O–H groups in total. The van der Waals surface area contributed by atoms with Crippen LogP contribution in [0.5, 0.6) is 0 Å². The standard InChI is InChI=1S/C21H24N4O/c1-14(2)16-8-10-17(11-9-16)24-21(26)18-13-23-25(20(18)15(3)4)19-7-5-6-12-22-19/h5-15H,1-4H3,(H,24,26). The molecule has 0 unspecified atom stereocenters. The number of nitrogens with zero attached hydrogens (tertiary/aromatic N) is 3. The minimum Gasteiger partial charge on any atom is -0.322 e. The molecule has 0 radical (unpaired) electrons. The van der Waals surface area contributed by atoms with Gasteiger partial charge in [0, 0.05) is 11.9 Å². The summed E-state index contributed by atoms with van der Waals surface area (Å²) in [5, 5.41) is 7.37. The average Bonchev–Trinajstić information content (AvgIpc) is 3.08. The molecule has 5 nitrogen and oxygen atoms in total. The summed E-state index contributed by atoms with van der Waals surface area (Å²) in [7, 11) is 0. The lowest BCUT2D eigenvalue weighted by Gasteiger charge is -2.12. The Kier molecular flexibility index (Phi) is 5.16. The molecule has 2 aromatic heterocycles. The molecule has 1 amide bonds. The second-order valence-electron chi connectivity index (χ2n) is 6.93. The smallest absolute Gasteiger partial charge is 0.259 e. The molecule has 0 aliphatic carbocycles. The summed E-state index contributed by atoms with van der Waals surface area (Å²) in [5.41, 5.74) is 3.44. The summed E-state index contributed by atoms with van der Waals surface area (Å²) < 4.78 is 1.74. The van der Waals surface area contributed by atoms with Crippen molar-refractivity contribution in [2.45, 2.75) is 39.5 Å². The highest BCUT2D eigenvalue weighted by Gasteiger charge is 2.21. The summed E-state index contributed by atoms with van der Waals surface area (Å²) >= 11 is 0. The monoisotopic (exact) mass is 348 g/mol. The molecule has 0 aliphatic rings. The number of rotatable bonds is 5. The lowest BCUT2D eigenvalue weighted by Crippen LogP contribution is -2.15. The first-order valence-corrected chi connectivity index (χ1v) is 8.88. The fourth-order valence-electron chi connectivity index (χ4n) is 2.90. The van der Waals surface area contributed by atoms with Gasteiger partial charge in [-0.2, -0.15) is 5.10 Å². The summed E-state index contributed by atoms with van der Waals surface area (Å²) in [5.74, 6) is 1.14. The van der Waals surface area contributed by atoms with E-state index in [1.165, 1.54) is 5.56 Å². The van der Waals surface area contributed by atoms with E-state index in [9.17, 15) is 4.79 Å². The summed E-state index contributed by atoms with van der Waals surface area (Å²) in [6.07, 6.45) is 3.33. The van der Waals surface area contributed by atoms with Crippen molar-refractivity contribution in [1.82, 2.24) is 14.8 Å². The van der Waals surface area contributed by atoms with E-state index in [0.29, 0.717) is 17.3 Å². The molecule has 1 aromatic carbocycles. The molecule has 0 saturated carbocycles. The Morgan fingerprint density at radius 1 is 1.00 bits per heavy atom. The number of pyridine rings is 1. The first kappa shape index (κ1) is 17.9. The van der Waals surface area contributed by atoms with Crippen LogP contribution in [0.1, 0.15) is 61.1 Å². The lowest BCUT2D eigenvalue weighted by atomic mass is 10.0. The highest BCUT2D eigenvalue weighted by Crippen LogP contribution is 2.24. The highest BCUT2D eigenvalue weighted by atomic mass is 16.1. The molecule has 0 fully saturated rings. The van der Waals surface area contributed by atoms with Crippen molar-refractivity contribution in [3.63, 3.8) is 0 Å². The molecule has 2 heterocycles. The molecule has 0 atom stereocenters. The predicted octanol–water partition coefficient (Wildman–Crippen LogP) is 4.77. The zero-order chi connectivity index (χ0) is 18.7. The van der Waals surface area contributed by atoms with Crippen LogP contribution in [0.25, 0.3) is 5.82 Å². The molecular weight excluding hydrogens is 324 g/mol. The van der Waals surface area contributed by atoms with Crippen molar-refractivity contribution in [3.8, 4) is 5.82 Å². The maximum absolute atomic E-state index is 12.8. The van der Waals surface area contributed by atoms with E-state index in [4.69, 9.17) is 0 Å². The zero-order valence-corrected chi connectivity index (χ0v) is 15.6. The van der Waals surface area contributed by atoms with Crippen molar-refractivity contribution in [3.05, 3.63) is 71.7 Å². The van der Waals surface area contributed by atoms with Crippen LogP contribution in [0.3, 0.4) is 0 Å². The topological polar surface area (TPSA) is 59.8 Å². The van der Waals surface area contributed by atoms with E-state index in [0.717, 1.165) is 11.4 Å². The van der Waals surface area contributed by atoms with Gasteiger partial charge in [-0.25, -0.2) is 9.67 Å². The first-order chi connectivity index (χ1) is 12.5. The van der Waals surface area contributed by atoms with Gasteiger partial charge in [0.25, 0.3) is 5.91 Å². The maximum Gasteiger partial charge on any atom is 0.259 e. The van der Waals surface area contributed by atoms with Crippen LogP contribution in [-0.2, 0) is 0 Å². The van der Waals surface area contributed by atoms with Crippen LogP contribution >= 0.6 is 0 Å². The second-order valence-corrected chi connectivity index (χ2v) is 6.93. The Morgan fingerprint density at radius 2 is 1.73 bits per heavy atom. The van der Waals surface area contributed by atoms with E-state index >= 15 is 0 Å². The molecule has 134 valence electrons. The molecule has 0 saturated heterocycles.